The molecule has 0 radical (unpaired) electrons. The Hall–Kier alpha value is -3.65. The van der Waals surface area contributed by atoms with Gasteiger partial charge in [0.05, 0.1) is 22.9 Å². The zero-order valence-corrected chi connectivity index (χ0v) is 23.5. The first-order valence-electron chi connectivity index (χ1n) is 12.5. The maximum absolute atomic E-state index is 13.3. The highest BCUT2D eigenvalue weighted by molar-refractivity contribution is 6.36. The molecule has 9 heteroatoms. The lowest BCUT2D eigenvalue weighted by Gasteiger charge is -2.22. The van der Waals surface area contributed by atoms with Crippen molar-refractivity contribution in [2.24, 2.45) is 0 Å². The zero-order valence-electron chi connectivity index (χ0n) is 22.0. The number of carbonyl (C=O) groups is 2. The smallest absolute Gasteiger partial charge is 0.255 e. The topological polar surface area (TPSA) is 76.5 Å². The molecule has 0 saturated heterocycles. The number of rotatable bonds is 10. The average Bonchev–Trinajstić information content (AvgIpc) is 3.34. The largest absolute Gasteiger partial charge is 0.383 e. The van der Waals surface area contributed by atoms with Crippen LogP contribution in [0.1, 0.15) is 35.7 Å². The van der Waals surface area contributed by atoms with E-state index >= 15 is 0 Å². The molecule has 1 aromatic heterocycles. The second-order valence-electron chi connectivity index (χ2n) is 9.32. The van der Waals surface area contributed by atoms with Crippen LogP contribution in [0.4, 0.5) is 5.95 Å². The molecule has 1 heterocycles. The third-order valence-corrected chi connectivity index (χ3v) is 6.76. The minimum Gasteiger partial charge on any atom is -0.383 e. The van der Waals surface area contributed by atoms with Crippen LogP contribution in [0, 0.1) is 0 Å². The van der Waals surface area contributed by atoms with Crippen molar-refractivity contribution in [1.29, 1.82) is 0 Å². The van der Waals surface area contributed by atoms with E-state index in [1.54, 1.807) is 12.1 Å². The minimum absolute atomic E-state index is 0.197. The summed E-state index contributed by atoms with van der Waals surface area (Å²) in [6.45, 7) is 4.50. The lowest BCUT2D eigenvalue weighted by molar-refractivity contribution is -0.117. The van der Waals surface area contributed by atoms with Crippen LogP contribution in [0.3, 0.4) is 0 Å². The van der Waals surface area contributed by atoms with E-state index in [0.717, 1.165) is 11.3 Å². The summed E-state index contributed by atoms with van der Waals surface area (Å²) in [7, 11) is 1.53. The predicted octanol–water partition coefficient (Wildman–Crippen LogP) is 6.70. The molecule has 0 bridgehead atoms. The first-order valence-corrected chi connectivity index (χ1v) is 13.3. The number of nitrogens with zero attached hydrogens (tertiary/aromatic N) is 3. The molecule has 39 heavy (non-hydrogen) atoms. The number of amides is 2. The number of methoxy groups -OCH3 is 1. The molecule has 4 rings (SSSR count). The third kappa shape index (κ3) is 7.06. The summed E-state index contributed by atoms with van der Waals surface area (Å²) in [5.74, 6) is -0.0678. The van der Waals surface area contributed by atoms with Crippen molar-refractivity contribution in [1.82, 2.24) is 14.5 Å². The van der Waals surface area contributed by atoms with Crippen molar-refractivity contribution in [2.75, 3.05) is 32.1 Å². The summed E-state index contributed by atoms with van der Waals surface area (Å²) in [5, 5.41) is 3.53. The molecule has 0 aliphatic heterocycles. The quantitative estimate of drug-likeness (QED) is 0.232. The van der Waals surface area contributed by atoms with E-state index in [9.17, 15) is 9.59 Å². The number of nitrogens with one attached hydrogen (secondary N) is 1. The number of carbonyl (C=O) groups excluding carboxylic acids is 2. The third-order valence-electron chi connectivity index (χ3n) is 6.21. The maximum Gasteiger partial charge on any atom is 0.255 e. The van der Waals surface area contributed by atoms with E-state index in [-0.39, 0.29) is 30.3 Å². The van der Waals surface area contributed by atoms with Gasteiger partial charge in [0.25, 0.3) is 5.91 Å². The number of halogens is 2. The Bertz CT molecular complexity index is 1440. The Morgan fingerprint density at radius 1 is 1.03 bits per heavy atom. The summed E-state index contributed by atoms with van der Waals surface area (Å²) in [6.07, 6.45) is 1.89. The van der Waals surface area contributed by atoms with Crippen molar-refractivity contribution >= 4 is 41.0 Å². The predicted molar refractivity (Wildman–Crippen MR) is 156 cm³/mol. The van der Waals surface area contributed by atoms with Crippen LogP contribution < -0.4 is 5.32 Å². The van der Waals surface area contributed by atoms with Crippen LogP contribution in [0.5, 0.6) is 0 Å². The molecule has 7 nitrogen and oxygen atoms in total. The molecule has 0 fully saturated rings. The number of benzene rings is 3. The monoisotopic (exact) mass is 564 g/mol. The van der Waals surface area contributed by atoms with Crippen LogP contribution in [0.25, 0.3) is 16.9 Å². The van der Waals surface area contributed by atoms with E-state index in [1.165, 1.54) is 23.6 Å². The first-order chi connectivity index (χ1) is 18.8. The minimum atomic E-state index is -0.408. The highest BCUT2D eigenvalue weighted by Crippen LogP contribution is 2.26. The van der Waals surface area contributed by atoms with Gasteiger partial charge in [-0.3, -0.25) is 19.5 Å². The summed E-state index contributed by atoms with van der Waals surface area (Å²) in [6, 6.07) is 22.5. The van der Waals surface area contributed by atoms with Crippen LogP contribution in [-0.2, 0) is 9.53 Å². The van der Waals surface area contributed by atoms with Crippen molar-refractivity contribution in [3.05, 3.63) is 100 Å². The SMILES string of the molecule is COCCN(CC(=O)Nc1nc(-c2ccccc2)cn1-c1ccc(C(C)C)cc1)C(=O)c1ccc(Cl)cc1Cl. The van der Waals surface area contributed by atoms with Gasteiger partial charge in [-0.1, -0.05) is 79.5 Å². The van der Waals surface area contributed by atoms with E-state index in [1.807, 2.05) is 53.2 Å². The van der Waals surface area contributed by atoms with Gasteiger partial charge in [0, 0.05) is 36.1 Å². The Kier molecular flexibility index (Phi) is 9.41. The van der Waals surface area contributed by atoms with Gasteiger partial charge in [-0.2, -0.15) is 0 Å². The van der Waals surface area contributed by atoms with Gasteiger partial charge in [0.2, 0.25) is 11.9 Å². The van der Waals surface area contributed by atoms with Gasteiger partial charge in [-0.05, 0) is 41.8 Å². The fourth-order valence-electron chi connectivity index (χ4n) is 4.06. The van der Waals surface area contributed by atoms with Crippen molar-refractivity contribution in [3.8, 4) is 16.9 Å². The summed E-state index contributed by atoms with van der Waals surface area (Å²) in [4.78, 5) is 32.7. The van der Waals surface area contributed by atoms with Gasteiger partial charge in [-0.15, -0.1) is 0 Å². The molecule has 0 aliphatic rings. The van der Waals surface area contributed by atoms with Crippen LogP contribution in [0.2, 0.25) is 10.0 Å². The molecule has 202 valence electrons. The average molecular weight is 566 g/mol. The van der Waals surface area contributed by atoms with Crippen LogP contribution in [0.15, 0.2) is 79.0 Å². The van der Waals surface area contributed by atoms with Crippen molar-refractivity contribution in [3.63, 3.8) is 0 Å². The van der Waals surface area contributed by atoms with Crippen molar-refractivity contribution < 1.29 is 14.3 Å². The highest BCUT2D eigenvalue weighted by Gasteiger charge is 2.22. The molecule has 1 N–H and O–H groups in total. The summed E-state index contributed by atoms with van der Waals surface area (Å²) in [5.41, 5.74) is 3.94. The molecule has 2 amide bonds. The molecule has 0 spiro atoms. The van der Waals surface area contributed by atoms with Gasteiger partial charge < -0.3 is 9.64 Å². The molecule has 0 saturated carbocycles. The molecule has 0 atom stereocenters. The zero-order chi connectivity index (χ0) is 27.9. The van der Waals surface area contributed by atoms with E-state index in [2.05, 4.69) is 31.3 Å². The maximum atomic E-state index is 13.3. The van der Waals surface area contributed by atoms with E-state index in [4.69, 9.17) is 32.9 Å². The molecular formula is C30H30Cl2N4O3. The standard InChI is InChI=1S/C30H30Cl2N4O3/c1-20(2)21-9-12-24(13-10-21)36-18-27(22-7-5-4-6-8-22)33-30(36)34-28(37)19-35(15-16-39-3)29(38)25-14-11-23(31)17-26(25)32/h4-14,17-18,20H,15-16,19H2,1-3H3,(H,33,34,37). The first kappa shape index (κ1) is 28.4. The van der Waals surface area contributed by atoms with E-state index < -0.39 is 11.8 Å². The van der Waals surface area contributed by atoms with Gasteiger partial charge >= 0.3 is 0 Å². The summed E-state index contributed by atoms with van der Waals surface area (Å²) < 4.78 is 7.00. The number of anilines is 1. The number of hydrogen-bond acceptors (Lipinski definition) is 4. The Morgan fingerprint density at radius 3 is 2.38 bits per heavy atom. The van der Waals surface area contributed by atoms with Gasteiger partial charge in [0.15, 0.2) is 0 Å². The number of aromatic nitrogens is 2. The van der Waals surface area contributed by atoms with E-state index in [0.29, 0.717) is 22.6 Å². The lowest BCUT2D eigenvalue weighted by atomic mass is 10.0. The second kappa shape index (κ2) is 12.9. The van der Waals surface area contributed by atoms with Gasteiger partial charge in [-0.25, -0.2) is 4.98 Å². The van der Waals surface area contributed by atoms with Gasteiger partial charge in [0.1, 0.15) is 6.54 Å². The molecule has 3 aromatic carbocycles. The molecule has 0 unspecified atom stereocenters. The molecular weight excluding hydrogens is 535 g/mol. The number of imidazole rings is 1. The normalized spacial score (nSPS) is 11.0. The van der Waals surface area contributed by atoms with Crippen molar-refractivity contribution in [2.45, 2.75) is 19.8 Å². The number of hydrogen-bond donors (Lipinski definition) is 1. The van der Waals surface area contributed by atoms with Crippen LogP contribution in [-0.4, -0.2) is 53.1 Å². The van der Waals surface area contributed by atoms with Crippen LogP contribution >= 0.6 is 23.2 Å². The summed E-state index contributed by atoms with van der Waals surface area (Å²) >= 11 is 12.3. The molecule has 0 aliphatic carbocycles. The second-order valence-corrected chi connectivity index (χ2v) is 10.2. The fraction of sp³-hybridized carbons (Fsp3) is 0.233. The number of ether oxygens (including phenoxy) is 1. The molecule has 4 aromatic rings. The fourth-order valence-corrected chi connectivity index (χ4v) is 4.55. The lowest BCUT2D eigenvalue weighted by Crippen LogP contribution is -2.40. The Balaban J connectivity index is 1.62. The Morgan fingerprint density at radius 2 is 1.74 bits per heavy atom. The highest BCUT2D eigenvalue weighted by atomic mass is 35.5. The Labute approximate surface area is 238 Å².